The van der Waals surface area contributed by atoms with Crippen LogP contribution >= 0.6 is 0 Å². The van der Waals surface area contributed by atoms with Crippen LogP contribution in [0.1, 0.15) is 54.6 Å². The fraction of sp³-hybridized carbons (Fsp3) is 0.667. The Balaban J connectivity index is 1.64. The van der Waals surface area contributed by atoms with Gasteiger partial charge in [-0.2, -0.15) is 10.2 Å². The Labute approximate surface area is 168 Å². The predicted octanol–water partition coefficient (Wildman–Crippen LogP) is 1.49. The summed E-state index contributed by atoms with van der Waals surface area (Å²) in [5.41, 5.74) is 0.849. The minimum Gasteiger partial charge on any atom is -0.474 e. The summed E-state index contributed by atoms with van der Waals surface area (Å²) in [6.07, 6.45) is 6.63. The van der Waals surface area contributed by atoms with E-state index >= 15 is 0 Å². The standard InChI is InChI=1S/C18H26N8O3/c1-12-14(15(27)20-17-22-24-25-23-17)16(29-13-6-4-2-3-5-7-13)21-18(19-12)26-8-10-28-11-9-26/h13H,2-11H2,1H3,(H2,20,22,23,24,25,27). The van der Waals surface area contributed by atoms with Crippen LogP contribution in [-0.2, 0) is 4.74 Å². The molecule has 0 aromatic carbocycles. The minimum absolute atomic E-state index is 0.0427. The van der Waals surface area contributed by atoms with Gasteiger partial charge >= 0.3 is 0 Å². The number of aromatic amines is 1. The molecule has 156 valence electrons. The van der Waals surface area contributed by atoms with Gasteiger partial charge in [0, 0.05) is 13.1 Å². The highest BCUT2D eigenvalue weighted by Gasteiger charge is 2.26. The molecule has 0 atom stereocenters. The van der Waals surface area contributed by atoms with Crippen LogP contribution in [-0.4, -0.2) is 68.9 Å². The van der Waals surface area contributed by atoms with Crippen molar-refractivity contribution in [3.05, 3.63) is 11.3 Å². The lowest BCUT2D eigenvalue weighted by Gasteiger charge is -2.28. The number of hydrogen-bond donors (Lipinski definition) is 2. The van der Waals surface area contributed by atoms with Crippen LogP contribution in [0.5, 0.6) is 5.88 Å². The number of morpholine rings is 1. The Morgan fingerprint density at radius 2 is 1.93 bits per heavy atom. The van der Waals surface area contributed by atoms with Crippen molar-refractivity contribution >= 4 is 17.8 Å². The van der Waals surface area contributed by atoms with Crippen molar-refractivity contribution in [2.45, 2.75) is 51.6 Å². The van der Waals surface area contributed by atoms with Gasteiger partial charge in [0.25, 0.3) is 11.9 Å². The second kappa shape index (κ2) is 9.12. The number of anilines is 2. The first-order chi connectivity index (χ1) is 14.2. The summed E-state index contributed by atoms with van der Waals surface area (Å²) in [4.78, 5) is 24.2. The number of nitrogens with zero attached hydrogens (tertiary/aromatic N) is 6. The zero-order valence-corrected chi connectivity index (χ0v) is 16.6. The molecule has 3 heterocycles. The van der Waals surface area contributed by atoms with Crippen LogP contribution in [0.4, 0.5) is 11.9 Å². The van der Waals surface area contributed by atoms with Crippen molar-refractivity contribution in [2.75, 3.05) is 36.5 Å². The predicted molar refractivity (Wildman–Crippen MR) is 104 cm³/mol. The average molecular weight is 402 g/mol. The SMILES string of the molecule is Cc1nc(N2CCOCC2)nc(OC2CCCCCC2)c1C(=O)Nc1nn[nH]n1. The zero-order chi connectivity index (χ0) is 20.1. The number of carbonyl (C=O) groups is 1. The van der Waals surface area contributed by atoms with E-state index in [-0.39, 0.29) is 12.1 Å². The first-order valence-electron chi connectivity index (χ1n) is 10.1. The fourth-order valence-electron chi connectivity index (χ4n) is 3.68. The molecule has 1 aliphatic carbocycles. The molecule has 1 amide bonds. The lowest BCUT2D eigenvalue weighted by molar-refractivity contribution is 0.101. The smallest absolute Gasteiger partial charge is 0.270 e. The quantitative estimate of drug-likeness (QED) is 0.714. The number of tetrazole rings is 1. The molecule has 2 aliphatic rings. The van der Waals surface area contributed by atoms with E-state index in [1.807, 2.05) is 0 Å². The summed E-state index contributed by atoms with van der Waals surface area (Å²) >= 11 is 0. The van der Waals surface area contributed by atoms with Gasteiger partial charge in [-0.1, -0.05) is 17.9 Å². The summed E-state index contributed by atoms with van der Waals surface area (Å²) in [7, 11) is 0. The summed E-state index contributed by atoms with van der Waals surface area (Å²) in [5, 5.41) is 15.9. The highest BCUT2D eigenvalue weighted by atomic mass is 16.5. The van der Waals surface area contributed by atoms with Gasteiger partial charge in [-0.25, -0.2) is 4.98 Å². The maximum atomic E-state index is 12.9. The number of aryl methyl sites for hydroxylation is 1. The van der Waals surface area contributed by atoms with Crippen molar-refractivity contribution < 1.29 is 14.3 Å². The van der Waals surface area contributed by atoms with Crippen LogP contribution in [0.15, 0.2) is 0 Å². The number of hydrogen-bond acceptors (Lipinski definition) is 9. The monoisotopic (exact) mass is 402 g/mol. The molecule has 1 aliphatic heterocycles. The molecule has 1 saturated carbocycles. The first kappa shape index (κ1) is 19.5. The zero-order valence-electron chi connectivity index (χ0n) is 16.6. The molecule has 11 nitrogen and oxygen atoms in total. The van der Waals surface area contributed by atoms with Crippen LogP contribution in [0.25, 0.3) is 0 Å². The summed E-state index contributed by atoms with van der Waals surface area (Å²) in [5.74, 6) is 0.547. The molecule has 0 spiro atoms. The molecular weight excluding hydrogens is 376 g/mol. The van der Waals surface area contributed by atoms with E-state index < -0.39 is 5.91 Å². The van der Waals surface area contributed by atoms with E-state index in [1.54, 1.807) is 6.92 Å². The Morgan fingerprint density at radius 1 is 1.17 bits per heavy atom. The van der Waals surface area contributed by atoms with Gasteiger partial charge in [-0.3, -0.25) is 10.1 Å². The van der Waals surface area contributed by atoms with Gasteiger partial charge in [0.1, 0.15) is 11.7 Å². The second-order valence-electron chi connectivity index (χ2n) is 7.31. The lowest BCUT2D eigenvalue weighted by atomic mass is 10.1. The molecule has 2 aromatic rings. The molecule has 0 unspecified atom stereocenters. The number of rotatable bonds is 5. The number of amides is 1. The van der Waals surface area contributed by atoms with Crippen LogP contribution in [0.2, 0.25) is 0 Å². The fourth-order valence-corrected chi connectivity index (χ4v) is 3.68. The maximum Gasteiger partial charge on any atom is 0.270 e. The molecule has 2 N–H and O–H groups in total. The van der Waals surface area contributed by atoms with E-state index in [4.69, 9.17) is 9.47 Å². The number of nitrogens with one attached hydrogen (secondary N) is 2. The third-order valence-electron chi connectivity index (χ3n) is 5.22. The molecular formula is C18H26N8O3. The third kappa shape index (κ3) is 4.78. The third-order valence-corrected chi connectivity index (χ3v) is 5.22. The first-order valence-corrected chi connectivity index (χ1v) is 10.1. The van der Waals surface area contributed by atoms with E-state index in [1.165, 1.54) is 12.8 Å². The van der Waals surface area contributed by atoms with Gasteiger partial charge in [0.2, 0.25) is 11.8 Å². The summed E-state index contributed by atoms with van der Waals surface area (Å²) in [6, 6.07) is 0. The van der Waals surface area contributed by atoms with Crippen LogP contribution in [0, 0.1) is 6.92 Å². The molecule has 1 saturated heterocycles. The minimum atomic E-state index is -0.416. The number of H-pyrrole nitrogens is 1. The Kier molecular flexibility index (Phi) is 6.13. The molecule has 0 radical (unpaired) electrons. The van der Waals surface area contributed by atoms with E-state index in [9.17, 15) is 4.79 Å². The lowest BCUT2D eigenvalue weighted by Crippen LogP contribution is -2.38. The van der Waals surface area contributed by atoms with E-state index in [0.29, 0.717) is 49.4 Å². The Bertz CT molecular complexity index is 815. The van der Waals surface area contributed by atoms with Crippen LogP contribution in [0.3, 0.4) is 0 Å². The van der Waals surface area contributed by atoms with Crippen molar-refractivity contribution in [2.24, 2.45) is 0 Å². The van der Waals surface area contributed by atoms with Crippen molar-refractivity contribution in [3.63, 3.8) is 0 Å². The van der Waals surface area contributed by atoms with Gasteiger partial charge < -0.3 is 14.4 Å². The normalized spacial score (nSPS) is 18.3. The summed E-state index contributed by atoms with van der Waals surface area (Å²) < 4.78 is 11.7. The highest BCUT2D eigenvalue weighted by Crippen LogP contribution is 2.28. The largest absolute Gasteiger partial charge is 0.474 e. The Morgan fingerprint density at radius 3 is 2.62 bits per heavy atom. The van der Waals surface area contributed by atoms with Crippen LogP contribution < -0.4 is 15.0 Å². The number of aromatic nitrogens is 6. The number of carbonyl (C=O) groups excluding carboxylic acids is 1. The van der Waals surface area contributed by atoms with Gasteiger partial charge in [-0.05, 0) is 37.8 Å². The molecule has 2 fully saturated rings. The maximum absolute atomic E-state index is 12.9. The van der Waals surface area contributed by atoms with Crippen molar-refractivity contribution in [1.82, 2.24) is 30.6 Å². The summed E-state index contributed by atoms with van der Waals surface area (Å²) in [6.45, 7) is 4.45. The van der Waals surface area contributed by atoms with E-state index in [0.717, 1.165) is 25.7 Å². The second-order valence-corrected chi connectivity index (χ2v) is 7.31. The molecule has 0 bridgehead atoms. The number of ether oxygens (including phenoxy) is 2. The van der Waals surface area contributed by atoms with Gasteiger partial charge in [0.05, 0.1) is 18.9 Å². The molecule has 29 heavy (non-hydrogen) atoms. The Hall–Kier alpha value is -2.82. The van der Waals surface area contributed by atoms with Gasteiger partial charge in [-0.15, -0.1) is 5.10 Å². The van der Waals surface area contributed by atoms with Crippen molar-refractivity contribution in [3.8, 4) is 5.88 Å². The molecule has 11 heteroatoms. The molecule has 2 aromatic heterocycles. The van der Waals surface area contributed by atoms with Gasteiger partial charge in [0.15, 0.2) is 0 Å². The topological polar surface area (TPSA) is 131 Å². The molecule has 4 rings (SSSR count). The van der Waals surface area contributed by atoms with E-state index in [2.05, 4.69) is 40.8 Å². The van der Waals surface area contributed by atoms with Crippen molar-refractivity contribution in [1.29, 1.82) is 0 Å². The average Bonchev–Trinajstić information content (AvgIpc) is 3.10. The highest BCUT2D eigenvalue weighted by molar-refractivity contribution is 6.05.